The molecule has 1 aliphatic rings. The first-order valence-electron chi connectivity index (χ1n) is 9.03. The summed E-state index contributed by atoms with van der Waals surface area (Å²) in [5.74, 6) is 1.21. The van der Waals surface area contributed by atoms with E-state index >= 15 is 0 Å². The number of benzene rings is 1. The molecule has 1 fully saturated rings. The molecule has 1 aliphatic heterocycles. The van der Waals surface area contributed by atoms with E-state index in [2.05, 4.69) is 33.3 Å². The standard InChI is InChI=1S/C19H20ClN5OS/c1-24-8-12-7-13(18(26-2)16(20)17(12)23-24)15-10-25-9-14(22-19(25)27-15)11-3-5-21-6-4-11/h7-11,21H,3-6H2,1-2H3. The monoisotopic (exact) mass is 401 g/mol. The van der Waals surface area contributed by atoms with Gasteiger partial charge in [0.1, 0.15) is 16.3 Å². The van der Waals surface area contributed by atoms with Crippen molar-refractivity contribution in [3.05, 3.63) is 35.4 Å². The van der Waals surface area contributed by atoms with Gasteiger partial charge in [0.2, 0.25) is 0 Å². The first-order valence-corrected chi connectivity index (χ1v) is 10.2. The highest BCUT2D eigenvalue weighted by atomic mass is 35.5. The molecule has 0 amide bonds. The number of nitrogens with one attached hydrogen (secondary N) is 1. The van der Waals surface area contributed by atoms with Crippen molar-refractivity contribution >= 4 is 38.8 Å². The Morgan fingerprint density at radius 1 is 1.26 bits per heavy atom. The molecule has 6 nitrogen and oxygen atoms in total. The van der Waals surface area contributed by atoms with E-state index in [4.69, 9.17) is 21.3 Å². The number of rotatable bonds is 3. The van der Waals surface area contributed by atoms with E-state index in [0.717, 1.165) is 52.2 Å². The molecule has 1 aromatic carbocycles. The van der Waals surface area contributed by atoms with Crippen LogP contribution in [0.4, 0.5) is 0 Å². The zero-order valence-corrected chi connectivity index (χ0v) is 16.8. The van der Waals surface area contributed by atoms with Crippen LogP contribution in [0.25, 0.3) is 26.3 Å². The number of piperidine rings is 1. The second-order valence-corrected chi connectivity index (χ2v) is 8.37. The van der Waals surface area contributed by atoms with E-state index in [1.165, 1.54) is 5.69 Å². The molecule has 0 radical (unpaired) electrons. The van der Waals surface area contributed by atoms with Gasteiger partial charge in [0.05, 0.1) is 17.7 Å². The Morgan fingerprint density at radius 3 is 2.81 bits per heavy atom. The van der Waals surface area contributed by atoms with Crippen molar-refractivity contribution in [3.63, 3.8) is 0 Å². The number of ether oxygens (including phenoxy) is 1. The third-order valence-corrected chi connectivity index (χ3v) is 6.59. The van der Waals surface area contributed by atoms with Gasteiger partial charge in [-0.15, -0.1) is 0 Å². The summed E-state index contributed by atoms with van der Waals surface area (Å²) < 4.78 is 9.52. The van der Waals surface area contributed by atoms with Gasteiger partial charge in [-0.3, -0.25) is 9.08 Å². The molecule has 3 aromatic heterocycles. The Kier molecular flexibility index (Phi) is 4.11. The molecule has 0 aliphatic carbocycles. The number of thiazole rings is 1. The molecule has 0 atom stereocenters. The Morgan fingerprint density at radius 2 is 2.07 bits per heavy atom. The second-order valence-electron chi connectivity index (χ2n) is 6.99. The van der Waals surface area contributed by atoms with Gasteiger partial charge in [0.25, 0.3) is 0 Å². The minimum absolute atomic E-state index is 0.548. The normalized spacial score (nSPS) is 15.8. The predicted molar refractivity (Wildman–Crippen MR) is 109 cm³/mol. The van der Waals surface area contributed by atoms with Crippen LogP contribution in [0.15, 0.2) is 24.7 Å². The van der Waals surface area contributed by atoms with Crippen molar-refractivity contribution in [2.75, 3.05) is 20.2 Å². The number of nitrogens with zero attached hydrogens (tertiary/aromatic N) is 4. The maximum absolute atomic E-state index is 6.58. The summed E-state index contributed by atoms with van der Waals surface area (Å²) in [6.45, 7) is 2.14. The summed E-state index contributed by atoms with van der Waals surface area (Å²) >= 11 is 8.24. The van der Waals surface area contributed by atoms with Crippen LogP contribution in [0.3, 0.4) is 0 Å². The highest BCUT2D eigenvalue weighted by molar-refractivity contribution is 7.20. The third kappa shape index (κ3) is 2.81. The Hall–Kier alpha value is -2.09. The van der Waals surface area contributed by atoms with Gasteiger partial charge in [-0.1, -0.05) is 22.9 Å². The molecule has 4 aromatic rings. The van der Waals surface area contributed by atoms with Crippen LogP contribution in [0.2, 0.25) is 5.02 Å². The van der Waals surface area contributed by atoms with E-state index in [1.807, 2.05) is 13.2 Å². The Bertz CT molecular complexity index is 1110. The van der Waals surface area contributed by atoms with Crippen molar-refractivity contribution in [2.45, 2.75) is 18.8 Å². The number of hydrogen-bond acceptors (Lipinski definition) is 5. The lowest BCUT2D eigenvalue weighted by atomic mass is 9.95. The van der Waals surface area contributed by atoms with E-state index in [0.29, 0.717) is 16.7 Å². The molecule has 0 bridgehead atoms. The highest BCUT2D eigenvalue weighted by Crippen LogP contribution is 2.43. The lowest BCUT2D eigenvalue weighted by Crippen LogP contribution is -2.26. The van der Waals surface area contributed by atoms with Crippen molar-refractivity contribution in [2.24, 2.45) is 7.05 Å². The molecule has 27 heavy (non-hydrogen) atoms. The molecule has 1 saturated heterocycles. The third-order valence-electron chi connectivity index (χ3n) is 5.21. The van der Waals surface area contributed by atoms with Crippen LogP contribution < -0.4 is 10.1 Å². The van der Waals surface area contributed by atoms with Crippen molar-refractivity contribution < 1.29 is 4.74 Å². The fraction of sp³-hybridized carbons (Fsp3) is 0.368. The average molecular weight is 402 g/mol. The van der Waals surface area contributed by atoms with Crippen LogP contribution in [-0.4, -0.2) is 39.4 Å². The number of imidazole rings is 1. The molecular weight excluding hydrogens is 382 g/mol. The van der Waals surface area contributed by atoms with Crippen LogP contribution in [0, 0.1) is 0 Å². The van der Waals surface area contributed by atoms with E-state index in [-0.39, 0.29) is 0 Å². The first-order chi connectivity index (χ1) is 13.1. The first kappa shape index (κ1) is 17.0. The predicted octanol–water partition coefficient (Wildman–Crippen LogP) is 4.08. The Labute approximate surface area is 165 Å². The lowest BCUT2D eigenvalue weighted by Gasteiger charge is -2.20. The minimum atomic E-state index is 0.548. The van der Waals surface area contributed by atoms with Crippen molar-refractivity contribution in [1.82, 2.24) is 24.5 Å². The van der Waals surface area contributed by atoms with Gasteiger partial charge in [-0.25, -0.2) is 4.98 Å². The molecule has 140 valence electrons. The summed E-state index contributed by atoms with van der Waals surface area (Å²) in [5.41, 5.74) is 2.93. The number of methoxy groups -OCH3 is 1. The van der Waals surface area contributed by atoms with E-state index < -0.39 is 0 Å². The number of hydrogen-bond donors (Lipinski definition) is 1. The molecule has 1 N–H and O–H groups in total. The van der Waals surface area contributed by atoms with Gasteiger partial charge in [-0.05, 0) is 32.0 Å². The maximum atomic E-state index is 6.58. The largest absolute Gasteiger partial charge is 0.494 e. The fourth-order valence-electron chi connectivity index (χ4n) is 3.87. The van der Waals surface area contributed by atoms with Gasteiger partial charge in [-0.2, -0.15) is 5.10 Å². The number of aryl methyl sites for hydroxylation is 1. The number of halogens is 1. The number of fused-ring (bicyclic) bond motifs is 2. The van der Waals surface area contributed by atoms with Gasteiger partial charge in [0, 0.05) is 42.5 Å². The molecule has 8 heteroatoms. The summed E-state index contributed by atoms with van der Waals surface area (Å²) in [7, 11) is 3.54. The average Bonchev–Trinajstić information content (AvgIpc) is 3.34. The Balaban J connectivity index is 1.59. The molecule has 0 unspecified atom stereocenters. The summed E-state index contributed by atoms with van der Waals surface area (Å²) in [6, 6.07) is 2.09. The summed E-state index contributed by atoms with van der Waals surface area (Å²) in [5, 5.41) is 9.40. The van der Waals surface area contributed by atoms with Gasteiger partial charge < -0.3 is 10.1 Å². The summed E-state index contributed by atoms with van der Waals surface area (Å²) in [6.07, 6.45) is 8.56. The van der Waals surface area contributed by atoms with Crippen LogP contribution in [-0.2, 0) is 7.05 Å². The molecule has 0 spiro atoms. The lowest BCUT2D eigenvalue weighted by molar-refractivity contribution is 0.417. The van der Waals surface area contributed by atoms with Crippen molar-refractivity contribution in [3.8, 4) is 16.2 Å². The SMILES string of the molecule is COc1c(-c2cn3cc(C4CCNCC4)nc3s2)cc2cn(C)nc2c1Cl. The zero-order valence-electron chi connectivity index (χ0n) is 15.2. The van der Waals surface area contributed by atoms with Crippen LogP contribution >= 0.6 is 22.9 Å². The van der Waals surface area contributed by atoms with E-state index in [1.54, 1.807) is 23.1 Å². The van der Waals surface area contributed by atoms with Crippen molar-refractivity contribution in [1.29, 1.82) is 0 Å². The topological polar surface area (TPSA) is 56.4 Å². The maximum Gasteiger partial charge on any atom is 0.194 e. The minimum Gasteiger partial charge on any atom is -0.494 e. The number of aromatic nitrogens is 4. The summed E-state index contributed by atoms with van der Waals surface area (Å²) in [4.78, 5) is 6.98. The van der Waals surface area contributed by atoms with Gasteiger partial charge in [0.15, 0.2) is 4.96 Å². The second kappa shape index (κ2) is 6.51. The molecule has 5 rings (SSSR count). The molecular formula is C19H20ClN5OS. The molecule has 4 heterocycles. The van der Waals surface area contributed by atoms with Crippen LogP contribution in [0.1, 0.15) is 24.5 Å². The zero-order chi connectivity index (χ0) is 18.5. The smallest absolute Gasteiger partial charge is 0.194 e. The van der Waals surface area contributed by atoms with E-state index in [9.17, 15) is 0 Å². The highest BCUT2D eigenvalue weighted by Gasteiger charge is 2.21. The van der Waals surface area contributed by atoms with Gasteiger partial charge >= 0.3 is 0 Å². The molecule has 0 saturated carbocycles. The van der Waals surface area contributed by atoms with Crippen LogP contribution in [0.5, 0.6) is 5.75 Å². The quantitative estimate of drug-likeness (QED) is 0.562. The fourth-order valence-corrected chi connectivity index (χ4v) is 5.18.